The molecule has 10 heteroatoms. The molecule has 4 heterocycles. The van der Waals surface area contributed by atoms with E-state index in [2.05, 4.69) is 11.0 Å². The number of ether oxygens (including phenoxy) is 3. The van der Waals surface area contributed by atoms with E-state index >= 15 is 4.39 Å². The van der Waals surface area contributed by atoms with E-state index in [0.717, 1.165) is 23.6 Å². The molecular formula is C35H36ClFN4O4. The van der Waals surface area contributed by atoms with Gasteiger partial charge in [0.15, 0.2) is 6.79 Å². The molecule has 1 amide bonds. The molecule has 4 aromatic rings. The molecule has 0 spiro atoms. The Bertz CT molecular complexity index is 1820. The maximum absolute atomic E-state index is 17.1. The van der Waals surface area contributed by atoms with Crippen LogP contribution in [0.15, 0.2) is 48.5 Å². The molecule has 2 atom stereocenters. The number of carbonyl (C=O) groups is 1. The van der Waals surface area contributed by atoms with Crippen LogP contribution in [-0.4, -0.2) is 60.7 Å². The van der Waals surface area contributed by atoms with Crippen LogP contribution in [0.25, 0.3) is 32.7 Å². The highest BCUT2D eigenvalue weighted by Crippen LogP contribution is 2.43. The van der Waals surface area contributed by atoms with Crippen LogP contribution in [0, 0.1) is 17.1 Å². The van der Waals surface area contributed by atoms with E-state index in [1.54, 1.807) is 13.2 Å². The number of fused-ring (bicyclic) bond motifs is 5. The monoisotopic (exact) mass is 630 g/mol. The topological polar surface area (TPSA) is 87.9 Å². The SMILES string of the molecule is COCOc1cc(-c2c(CCC#N)cc3c(N4C[C@H]5CCC4CN5C(=O)OC(C)(C)C)nc(Cl)cc3c2F)c2ccccc2c1. The Balaban J connectivity index is 1.49. The Morgan fingerprint density at radius 2 is 1.87 bits per heavy atom. The normalized spacial score (nSPS) is 18.0. The summed E-state index contributed by atoms with van der Waals surface area (Å²) in [4.78, 5) is 21.7. The second-order valence-electron chi connectivity index (χ2n) is 12.7. The molecule has 3 aromatic carbocycles. The van der Waals surface area contributed by atoms with E-state index in [4.69, 9.17) is 30.8 Å². The van der Waals surface area contributed by atoms with E-state index in [0.29, 0.717) is 58.5 Å². The van der Waals surface area contributed by atoms with Gasteiger partial charge in [-0.3, -0.25) is 0 Å². The minimum Gasteiger partial charge on any atom is -0.468 e. The minimum absolute atomic E-state index is 0.0273. The quantitative estimate of drug-likeness (QED) is 0.152. The van der Waals surface area contributed by atoms with Crippen LogP contribution in [0.1, 0.15) is 45.6 Å². The lowest BCUT2D eigenvalue weighted by atomic mass is 9.88. The molecule has 1 aromatic heterocycles. The fourth-order valence-corrected chi connectivity index (χ4v) is 6.78. The summed E-state index contributed by atoms with van der Waals surface area (Å²) >= 11 is 6.60. The van der Waals surface area contributed by atoms with Gasteiger partial charge < -0.3 is 24.0 Å². The number of hydrogen-bond donors (Lipinski definition) is 0. The molecule has 7 rings (SSSR count). The van der Waals surface area contributed by atoms with Crippen molar-refractivity contribution in [2.24, 2.45) is 0 Å². The van der Waals surface area contributed by atoms with Crippen molar-refractivity contribution in [3.8, 4) is 22.9 Å². The van der Waals surface area contributed by atoms with Gasteiger partial charge in [0.1, 0.15) is 28.1 Å². The number of piperidine rings is 2. The van der Waals surface area contributed by atoms with E-state index in [9.17, 15) is 10.1 Å². The third-order valence-corrected chi connectivity index (χ3v) is 8.68. The van der Waals surface area contributed by atoms with Gasteiger partial charge in [0.2, 0.25) is 0 Å². The first-order valence-corrected chi connectivity index (χ1v) is 15.6. The minimum atomic E-state index is -0.589. The number of aryl methyl sites for hydroxylation is 1. The number of pyridine rings is 1. The number of hydrogen-bond acceptors (Lipinski definition) is 7. The van der Waals surface area contributed by atoms with Crippen molar-refractivity contribution in [2.45, 2.75) is 64.1 Å². The van der Waals surface area contributed by atoms with Crippen LogP contribution in [0.4, 0.5) is 15.0 Å². The third-order valence-electron chi connectivity index (χ3n) is 8.49. The Morgan fingerprint density at radius 3 is 2.58 bits per heavy atom. The van der Waals surface area contributed by atoms with Gasteiger partial charge in [0.05, 0.1) is 12.1 Å². The standard InChI is InChI=1S/C35H36ClFN4O4/c1-35(2,3)45-34(42)41-19-23-11-12-24(41)18-40(23)33-29-15-22(9-7-13-38)31(32(37)28(29)17-30(36)39-33)27-16-25(44-20-43-4)14-21-8-5-6-10-26(21)27/h5-6,8,10,14-17,23-24H,7,9,11-12,18-20H2,1-4H3/t23?,24-/m1/s1. The summed E-state index contributed by atoms with van der Waals surface area (Å²) in [6, 6.07) is 17.1. The lowest BCUT2D eigenvalue weighted by molar-refractivity contribution is 0.000819. The van der Waals surface area contributed by atoms with Crippen molar-refractivity contribution >= 4 is 45.1 Å². The maximum atomic E-state index is 17.1. The van der Waals surface area contributed by atoms with Crippen molar-refractivity contribution in [3.63, 3.8) is 0 Å². The molecule has 3 saturated heterocycles. The number of anilines is 1. The van der Waals surface area contributed by atoms with Gasteiger partial charge in [-0.2, -0.15) is 5.26 Å². The number of nitriles is 1. The Labute approximate surface area is 267 Å². The molecule has 2 bridgehead atoms. The average molecular weight is 631 g/mol. The zero-order valence-corrected chi connectivity index (χ0v) is 26.7. The smallest absolute Gasteiger partial charge is 0.410 e. The highest BCUT2D eigenvalue weighted by molar-refractivity contribution is 6.30. The molecule has 0 aliphatic carbocycles. The average Bonchev–Trinajstić information content (AvgIpc) is 3.02. The first-order chi connectivity index (χ1) is 21.6. The van der Waals surface area contributed by atoms with Crippen LogP contribution in [-0.2, 0) is 15.9 Å². The molecule has 234 valence electrons. The van der Waals surface area contributed by atoms with Crippen molar-refractivity contribution in [1.82, 2.24) is 9.88 Å². The van der Waals surface area contributed by atoms with Gasteiger partial charge in [0.25, 0.3) is 0 Å². The highest BCUT2D eigenvalue weighted by Gasteiger charge is 2.43. The molecule has 45 heavy (non-hydrogen) atoms. The number of benzene rings is 3. The number of piperazine rings is 1. The van der Waals surface area contributed by atoms with Crippen LogP contribution in [0.5, 0.6) is 5.75 Å². The first kappa shape index (κ1) is 30.9. The Kier molecular flexibility index (Phi) is 8.47. The van der Waals surface area contributed by atoms with Crippen LogP contribution >= 0.6 is 11.6 Å². The molecule has 3 aliphatic heterocycles. The largest absolute Gasteiger partial charge is 0.468 e. The number of methoxy groups -OCH3 is 1. The van der Waals surface area contributed by atoms with Crippen LogP contribution in [0.2, 0.25) is 5.15 Å². The second kappa shape index (κ2) is 12.3. The van der Waals surface area contributed by atoms with Gasteiger partial charge in [0, 0.05) is 49.0 Å². The maximum Gasteiger partial charge on any atom is 0.410 e. The molecule has 0 radical (unpaired) electrons. The Hall–Kier alpha value is -4.13. The van der Waals surface area contributed by atoms with Crippen LogP contribution < -0.4 is 9.64 Å². The van der Waals surface area contributed by atoms with E-state index < -0.39 is 11.4 Å². The molecule has 3 fully saturated rings. The summed E-state index contributed by atoms with van der Waals surface area (Å²) in [5.41, 5.74) is 1.17. The second-order valence-corrected chi connectivity index (χ2v) is 13.0. The number of rotatable bonds is 7. The molecule has 3 aliphatic rings. The van der Waals surface area contributed by atoms with Crippen molar-refractivity contribution in [3.05, 3.63) is 65.1 Å². The van der Waals surface area contributed by atoms with E-state index in [-0.39, 0.29) is 36.5 Å². The van der Waals surface area contributed by atoms with Gasteiger partial charge in [-0.05, 0) is 86.2 Å². The predicted octanol–water partition coefficient (Wildman–Crippen LogP) is 7.87. The summed E-state index contributed by atoms with van der Waals surface area (Å²) in [5.74, 6) is 0.697. The van der Waals surface area contributed by atoms with Crippen molar-refractivity contribution in [2.75, 3.05) is 31.9 Å². The Morgan fingerprint density at radius 1 is 1.09 bits per heavy atom. The van der Waals surface area contributed by atoms with Gasteiger partial charge in [-0.25, -0.2) is 14.2 Å². The zero-order valence-electron chi connectivity index (χ0n) is 25.9. The van der Waals surface area contributed by atoms with Crippen LogP contribution in [0.3, 0.4) is 0 Å². The van der Waals surface area contributed by atoms with E-state index in [1.807, 2.05) is 68.1 Å². The van der Waals surface area contributed by atoms with E-state index in [1.165, 1.54) is 0 Å². The fourth-order valence-electron chi connectivity index (χ4n) is 6.59. The number of aromatic nitrogens is 1. The molecule has 0 N–H and O–H groups in total. The van der Waals surface area contributed by atoms with Crippen molar-refractivity contribution < 1.29 is 23.4 Å². The summed E-state index contributed by atoms with van der Waals surface area (Å²) in [5, 5.41) is 12.4. The molecule has 0 saturated carbocycles. The lowest BCUT2D eigenvalue weighted by Gasteiger charge is -2.51. The summed E-state index contributed by atoms with van der Waals surface area (Å²) in [6.45, 7) is 6.65. The van der Waals surface area contributed by atoms with Gasteiger partial charge in [-0.15, -0.1) is 0 Å². The lowest BCUT2D eigenvalue weighted by Crippen LogP contribution is -2.64. The molecular weight excluding hydrogens is 595 g/mol. The molecule has 8 nitrogen and oxygen atoms in total. The fraction of sp³-hybridized carbons (Fsp3) is 0.400. The summed E-state index contributed by atoms with van der Waals surface area (Å²) in [6.07, 6.45) is 1.95. The summed E-state index contributed by atoms with van der Waals surface area (Å²) < 4.78 is 33.7. The number of amides is 1. The molecule has 1 unspecified atom stereocenters. The summed E-state index contributed by atoms with van der Waals surface area (Å²) in [7, 11) is 1.55. The first-order valence-electron chi connectivity index (χ1n) is 15.2. The number of halogens is 2. The van der Waals surface area contributed by atoms with Gasteiger partial charge >= 0.3 is 6.09 Å². The zero-order chi connectivity index (χ0) is 31.9. The van der Waals surface area contributed by atoms with Crippen molar-refractivity contribution in [1.29, 1.82) is 5.26 Å². The predicted molar refractivity (Wildman–Crippen MR) is 173 cm³/mol. The third kappa shape index (κ3) is 6.09. The highest BCUT2D eigenvalue weighted by atomic mass is 35.5. The van der Waals surface area contributed by atoms with Gasteiger partial charge in [-0.1, -0.05) is 35.9 Å². The number of carbonyl (C=O) groups excluding carboxylic acids is 1. The number of nitrogens with zero attached hydrogens (tertiary/aromatic N) is 4.